The second-order valence-corrected chi connectivity index (χ2v) is 4.42. The van der Waals surface area contributed by atoms with Crippen molar-refractivity contribution in [1.29, 1.82) is 0 Å². The van der Waals surface area contributed by atoms with Gasteiger partial charge in [0, 0.05) is 43.3 Å². The van der Waals surface area contributed by atoms with Crippen LogP contribution in [0.2, 0.25) is 0 Å². The molecule has 0 unspecified atom stereocenters. The SMILES string of the molecule is CCOc1cc(N)cc(NCCc2cnn(C)c2)c1. The summed E-state index contributed by atoms with van der Waals surface area (Å²) < 4.78 is 7.27. The minimum Gasteiger partial charge on any atom is -0.494 e. The summed E-state index contributed by atoms with van der Waals surface area (Å²) >= 11 is 0. The molecule has 0 aliphatic rings. The highest BCUT2D eigenvalue weighted by Crippen LogP contribution is 2.22. The number of nitrogens with one attached hydrogen (secondary N) is 1. The number of ether oxygens (including phenoxy) is 1. The molecule has 0 fully saturated rings. The lowest BCUT2D eigenvalue weighted by Crippen LogP contribution is -2.05. The molecule has 19 heavy (non-hydrogen) atoms. The first-order valence-corrected chi connectivity index (χ1v) is 6.42. The van der Waals surface area contributed by atoms with E-state index in [1.54, 1.807) is 0 Å². The number of rotatable bonds is 6. The van der Waals surface area contributed by atoms with E-state index in [9.17, 15) is 0 Å². The third-order valence-electron chi connectivity index (χ3n) is 2.74. The van der Waals surface area contributed by atoms with Gasteiger partial charge in [-0.15, -0.1) is 0 Å². The van der Waals surface area contributed by atoms with Crippen LogP contribution in [0.5, 0.6) is 5.75 Å². The van der Waals surface area contributed by atoms with E-state index >= 15 is 0 Å². The molecule has 1 aromatic carbocycles. The maximum Gasteiger partial charge on any atom is 0.123 e. The Morgan fingerprint density at radius 3 is 2.89 bits per heavy atom. The fourth-order valence-corrected chi connectivity index (χ4v) is 1.93. The van der Waals surface area contributed by atoms with Crippen LogP contribution in [0.1, 0.15) is 12.5 Å². The van der Waals surface area contributed by atoms with E-state index in [-0.39, 0.29) is 0 Å². The van der Waals surface area contributed by atoms with Gasteiger partial charge in [0.05, 0.1) is 12.8 Å². The topological polar surface area (TPSA) is 65.1 Å². The largest absolute Gasteiger partial charge is 0.494 e. The Morgan fingerprint density at radius 1 is 1.37 bits per heavy atom. The molecule has 0 aliphatic heterocycles. The Balaban J connectivity index is 1.91. The van der Waals surface area contributed by atoms with Crippen LogP contribution >= 0.6 is 0 Å². The number of hydrogen-bond acceptors (Lipinski definition) is 4. The van der Waals surface area contributed by atoms with Crippen molar-refractivity contribution in [3.05, 3.63) is 36.2 Å². The van der Waals surface area contributed by atoms with E-state index in [2.05, 4.69) is 10.4 Å². The second kappa shape index (κ2) is 6.13. The zero-order valence-corrected chi connectivity index (χ0v) is 11.4. The number of benzene rings is 1. The van der Waals surface area contributed by atoms with Crippen LogP contribution in [0.25, 0.3) is 0 Å². The minimum atomic E-state index is 0.637. The van der Waals surface area contributed by atoms with Crippen molar-refractivity contribution in [3.63, 3.8) is 0 Å². The third kappa shape index (κ3) is 3.91. The molecule has 2 rings (SSSR count). The highest BCUT2D eigenvalue weighted by molar-refractivity contribution is 5.59. The van der Waals surface area contributed by atoms with Gasteiger partial charge in [0.1, 0.15) is 5.75 Å². The molecule has 0 radical (unpaired) electrons. The molecule has 5 nitrogen and oxygen atoms in total. The number of anilines is 2. The molecule has 2 aromatic rings. The summed E-state index contributed by atoms with van der Waals surface area (Å²) in [5.41, 5.74) is 8.74. The number of nitrogens with zero attached hydrogens (tertiary/aromatic N) is 2. The molecular weight excluding hydrogens is 240 g/mol. The monoisotopic (exact) mass is 260 g/mol. The molecule has 3 N–H and O–H groups in total. The lowest BCUT2D eigenvalue weighted by atomic mass is 10.2. The number of aryl methyl sites for hydroxylation is 1. The number of nitrogen functional groups attached to an aromatic ring is 1. The van der Waals surface area contributed by atoms with Crippen LogP contribution in [0, 0.1) is 0 Å². The van der Waals surface area contributed by atoms with Gasteiger partial charge in [0.15, 0.2) is 0 Å². The lowest BCUT2D eigenvalue weighted by Gasteiger charge is -2.10. The predicted octanol–water partition coefficient (Wildman–Crippen LogP) is 2.06. The van der Waals surface area contributed by atoms with Crippen LogP contribution in [-0.2, 0) is 13.5 Å². The first kappa shape index (κ1) is 13.3. The fourth-order valence-electron chi connectivity index (χ4n) is 1.93. The van der Waals surface area contributed by atoms with E-state index in [1.807, 2.05) is 49.2 Å². The Morgan fingerprint density at radius 2 is 2.21 bits per heavy atom. The smallest absolute Gasteiger partial charge is 0.123 e. The summed E-state index contributed by atoms with van der Waals surface area (Å²) in [6.07, 6.45) is 4.83. The van der Waals surface area contributed by atoms with Crippen LogP contribution in [0.4, 0.5) is 11.4 Å². The zero-order valence-electron chi connectivity index (χ0n) is 11.4. The number of hydrogen-bond donors (Lipinski definition) is 2. The van der Waals surface area contributed by atoms with Crippen molar-refractivity contribution in [2.75, 3.05) is 24.2 Å². The maximum atomic E-state index is 5.84. The molecule has 0 aliphatic carbocycles. The lowest BCUT2D eigenvalue weighted by molar-refractivity contribution is 0.340. The normalized spacial score (nSPS) is 10.4. The Hall–Kier alpha value is -2.17. The van der Waals surface area contributed by atoms with Crippen LogP contribution < -0.4 is 15.8 Å². The standard InChI is InChI=1S/C14H20N4O/c1-3-19-14-7-12(15)6-13(8-14)16-5-4-11-9-17-18(2)10-11/h6-10,16H,3-5,15H2,1-2H3. The summed E-state index contributed by atoms with van der Waals surface area (Å²) in [6, 6.07) is 5.70. The van der Waals surface area contributed by atoms with Crippen molar-refractivity contribution in [3.8, 4) is 5.75 Å². The Labute approximate surface area is 113 Å². The van der Waals surface area contributed by atoms with Crippen LogP contribution in [0.15, 0.2) is 30.6 Å². The van der Waals surface area contributed by atoms with Gasteiger partial charge in [0.2, 0.25) is 0 Å². The summed E-state index contributed by atoms with van der Waals surface area (Å²) in [5, 5.41) is 7.49. The third-order valence-corrected chi connectivity index (χ3v) is 2.74. The van der Waals surface area contributed by atoms with Crippen LogP contribution in [-0.4, -0.2) is 22.9 Å². The van der Waals surface area contributed by atoms with Gasteiger partial charge in [-0.2, -0.15) is 5.10 Å². The van der Waals surface area contributed by atoms with Gasteiger partial charge >= 0.3 is 0 Å². The van der Waals surface area contributed by atoms with Crippen molar-refractivity contribution < 1.29 is 4.74 Å². The summed E-state index contributed by atoms with van der Waals surface area (Å²) in [7, 11) is 1.92. The zero-order chi connectivity index (χ0) is 13.7. The van der Waals surface area contributed by atoms with Gasteiger partial charge in [-0.05, 0) is 25.0 Å². The quantitative estimate of drug-likeness (QED) is 0.780. The first-order valence-electron chi connectivity index (χ1n) is 6.42. The summed E-state index contributed by atoms with van der Waals surface area (Å²) in [6.45, 7) is 3.43. The van der Waals surface area contributed by atoms with Crippen molar-refractivity contribution >= 4 is 11.4 Å². The van der Waals surface area contributed by atoms with Crippen molar-refractivity contribution in [2.45, 2.75) is 13.3 Å². The molecule has 102 valence electrons. The van der Waals surface area contributed by atoms with E-state index in [4.69, 9.17) is 10.5 Å². The Bertz CT molecular complexity index is 536. The van der Waals surface area contributed by atoms with E-state index < -0.39 is 0 Å². The molecular formula is C14H20N4O. The van der Waals surface area contributed by atoms with Gasteiger partial charge in [0.25, 0.3) is 0 Å². The minimum absolute atomic E-state index is 0.637. The molecule has 0 bridgehead atoms. The average molecular weight is 260 g/mol. The second-order valence-electron chi connectivity index (χ2n) is 4.42. The number of nitrogens with two attached hydrogens (primary N) is 1. The molecule has 1 aromatic heterocycles. The molecule has 0 saturated heterocycles. The predicted molar refractivity (Wildman–Crippen MR) is 77.4 cm³/mol. The average Bonchev–Trinajstić information content (AvgIpc) is 2.75. The van der Waals surface area contributed by atoms with Gasteiger partial charge in [-0.3, -0.25) is 4.68 Å². The molecule has 0 saturated carbocycles. The molecule has 0 amide bonds. The van der Waals surface area contributed by atoms with E-state index in [0.29, 0.717) is 12.3 Å². The molecule has 0 spiro atoms. The van der Waals surface area contributed by atoms with Gasteiger partial charge in [-0.25, -0.2) is 0 Å². The van der Waals surface area contributed by atoms with Gasteiger partial charge in [-0.1, -0.05) is 0 Å². The molecule has 0 atom stereocenters. The summed E-state index contributed by atoms with van der Waals surface area (Å²) in [5.74, 6) is 0.798. The van der Waals surface area contributed by atoms with Gasteiger partial charge < -0.3 is 15.8 Å². The number of aromatic nitrogens is 2. The van der Waals surface area contributed by atoms with Crippen molar-refractivity contribution in [1.82, 2.24) is 9.78 Å². The van der Waals surface area contributed by atoms with Crippen LogP contribution in [0.3, 0.4) is 0 Å². The first-order chi connectivity index (χ1) is 9.17. The highest BCUT2D eigenvalue weighted by Gasteiger charge is 2.00. The van der Waals surface area contributed by atoms with E-state index in [1.165, 1.54) is 5.56 Å². The van der Waals surface area contributed by atoms with Crippen molar-refractivity contribution in [2.24, 2.45) is 7.05 Å². The Kier molecular flexibility index (Phi) is 4.28. The maximum absolute atomic E-state index is 5.84. The van der Waals surface area contributed by atoms with E-state index in [0.717, 1.165) is 24.4 Å². The fraction of sp³-hybridized carbons (Fsp3) is 0.357. The summed E-state index contributed by atoms with van der Waals surface area (Å²) in [4.78, 5) is 0. The molecule has 5 heteroatoms. The highest BCUT2D eigenvalue weighted by atomic mass is 16.5. The molecule has 1 heterocycles.